The van der Waals surface area contributed by atoms with Crippen molar-refractivity contribution in [3.05, 3.63) is 50.8 Å². The number of halogens is 17. The lowest BCUT2D eigenvalue weighted by Crippen LogP contribution is -2.59. The molecule has 0 radical (unpaired) electrons. The maximum atomic E-state index is 15.3. The SMILES string of the molecule is CN(CC(F)(F)F)C(=O)C(=O)N(C)c1cccc(C(=O)Nc2c(I)cc(C(F)(C(F)(F)F)C(F)(F)C(F)(F)F)cc2SC(F)(F)F)c1F. The zero-order valence-corrected chi connectivity index (χ0v) is 26.0. The lowest BCUT2D eigenvalue weighted by Gasteiger charge is -2.36. The molecule has 0 aliphatic heterocycles. The number of thioether (sulfide) groups is 1. The van der Waals surface area contributed by atoms with Crippen LogP contribution in [0, 0.1) is 9.39 Å². The summed E-state index contributed by atoms with van der Waals surface area (Å²) in [7, 11) is 1.24. The fraction of sp³-hybridized carbons (Fsp3) is 0.375. The fourth-order valence-corrected chi connectivity index (χ4v) is 5.36. The van der Waals surface area contributed by atoms with E-state index in [0.29, 0.717) is 26.2 Å². The molecular formula is C24H14F16IN3O3S. The Morgan fingerprint density at radius 3 is 1.81 bits per heavy atom. The topological polar surface area (TPSA) is 69.7 Å². The van der Waals surface area contributed by atoms with E-state index in [1.54, 1.807) is 5.32 Å². The molecule has 0 aliphatic rings. The number of benzene rings is 2. The molecule has 1 atom stereocenters. The first-order valence-corrected chi connectivity index (χ1v) is 13.8. The van der Waals surface area contributed by atoms with E-state index in [4.69, 9.17) is 0 Å². The zero-order valence-electron chi connectivity index (χ0n) is 23.0. The van der Waals surface area contributed by atoms with Gasteiger partial charge in [-0.25, -0.2) is 8.78 Å². The van der Waals surface area contributed by atoms with Gasteiger partial charge in [0.25, 0.3) is 5.91 Å². The van der Waals surface area contributed by atoms with Crippen LogP contribution in [0.2, 0.25) is 0 Å². The highest BCUT2D eigenvalue weighted by Crippen LogP contribution is 2.59. The number of amides is 3. The minimum atomic E-state index is -7.26. The summed E-state index contributed by atoms with van der Waals surface area (Å²) < 4.78 is 214. The van der Waals surface area contributed by atoms with Crippen LogP contribution in [0.5, 0.6) is 0 Å². The molecule has 0 spiro atoms. The van der Waals surface area contributed by atoms with Crippen molar-refractivity contribution in [2.24, 2.45) is 0 Å². The van der Waals surface area contributed by atoms with Gasteiger partial charge in [0, 0.05) is 28.1 Å². The van der Waals surface area contributed by atoms with E-state index >= 15 is 8.78 Å². The van der Waals surface area contributed by atoms with E-state index < -0.39 is 115 Å². The summed E-state index contributed by atoms with van der Waals surface area (Å²) in [5.41, 5.74) is -18.3. The summed E-state index contributed by atoms with van der Waals surface area (Å²) in [6, 6.07) is 1.04. The molecule has 0 saturated heterocycles. The second-order valence-electron chi connectivity index (χ2n) is 9.34. The summed E-state index contributed by atoms with van der Waals surface area (Å²) >= 11 is -0.719. The molecule has 1 N–H and O–H groups in total. The molecular weight excluding hydrogens is 841 g/mol. The van der Waals surface area contributed by atoms with E-state index in [1.807, 2.05) is 0 Å². The summed E-state index contributed by atoms with van der Waals surface area (Å²) in [5.74, 6) is -14.4. The maximum Gasteiger partial charge on any atom is 0.457 e. The van der Waals surface area contributed by atoms with Gasteiger partial charge in [-0.05, 0) is 58.6 Å². The summed E-state index contributed by atoms with van der Waals surface area (Å²) in [6.45, 7) is -1.91. The van der Waals surface area contributed by atoms with Crippen molar-refractivity contribution in [2.45, 2.75) is 40.5 Å². The van der Waals surface area contributed by atoms with Crippen LogP contribution in [0.25, 0.3) is 0 Å². The number of alkyl halides is 15. The highest BCUT2D eigenvalue weighted by Gasteiger charge is 2.81. The van der Waals surface area contributed by atoms with E-state index in [9.17, 15) is 75.8 Å². The molecule has 0 bridgehead atoms. The van der Waals surface area contributed by atoms with Gasteiger partial charge in [0.2, 0.25) is 0 Å². The molecule has 0 aliphatic carbocycles. The molecule has 1 unspecified atom stereocenters. The Balaban J connectivity index is 2.66. The van der Waals surface area contributed by atoms with Crippen molar-refractivity contribution in [3.8, 4) is 0 Å². The molecule has 0 fully saturated rings. The minimum absolute atomic E-state index is 0.0891. The number of hydrogen-bond acceptors (Lipinski definition) is 4. The number of carbonyl (C=O) groups excluding carboxylic acids is 3. The normalized spacial score (nSPS) is 14.3. The Bertz CT molecular complexity index is 1580. The molecule has 2 aromatic carbocycles. The van der Waals surface area contributed by atoms with E-state index in [-0.39, 0.29) is 15.9 Å². The molecule has 24 heteroatoms. The Labute approximate surface area is 274 Å². The maximum absolute atomic E-state index is 15.3. The Kier molecular flexibility index (Phi) is 11.6. The molecule has 3 amide bonds. The standard InChI is InChI=1S/C24H14F16IN3O3S/c1-43(8-19(26,27)28)17(46)18(47)44(2)12-5-3-4-10(14(12)25)16(45)42-15-11(41)6-9(7-13(15)48-24(38,39)40)20(29,22(32,33)34)21(30,31)23(35,36)37/h3-7H,8H2,1-2H3,(H,42,45). The van der Waals surface area contributed by atoms with Crippen molar-refractivity contribution in [3.63, 3.8) is 0 Å². The predicted octanol–water partition coefficient (Wildman–Crippen LogP) is 8.20. The van der Waals surface area contributed by atoms with E-state index in [0.717, 1.165) is 28.7 Å². The number of rotatable bonds is 7. The van der Waals surface area contributed by atoms with Crippen LogP contribution in [0.3, 0.4) is 0 Å². The molecule has 0 heterocycles. The van der Waals surface area contributed by atoms with Crippen LogP contribution in [0.1, 0.15) is 15.9 Å². The van der Waals surface area contributed by atoms with Crippen LogP contribution < -0.4 is 10.2 Å². The number of nitrogens with one attached hydrogen (secondary N) is 1. The molecule has 6 nitrogen and oxygen atoms in total. The quantitative estimate of drug-likeness (QED) is 0.132. The second kappa shape index (κ2) is 13.6. The van der Waals surface area contributed by atoms with Gasteiger partial charge in [0.05, 0.1) is 16.9 Å². The van der Waals surface area contributed by atoms with Crippen molar-refractivity contribution in [2.75, 3.05) is 30.9 Å². The van der Waals surface area contributed by atoms with Gasteiger partial charge in [-0.3, -0.25) is 14.4 Å². The first kappa shape index (κ1) is 41.0. The highest BCUT2D eigenvalue weighted by atomic mass is 127. The molecule has 48 heavy (non-hydrogen) atoms. The first-order valence-electron chi connectivity index (χ1n) is 11.9. The van der Waals surface area contributed by atoms with E-state index in [2.05, 4.69) is 0 Å². The van der Waals surface area contributed by atoms with Crippen molar-refractivity contribution < 1.29 is 84.6 Å². The summed E-state index contributed by atoms with van der Waals surface area (Å²) in [6.07, 6.45) is -19.3. The van der Waals surface area contributed by atoms with Crippen molar-refractivity contribution in [1.82, 2.24) is 4.90 Å². The largest absolute Gasteiger partial charge is 0.457 e. The summed E-state index contributed by atoms with van der Waals surface area (Å²) in [4.78, 5) is 35.7. The lowest BCUT2D eigenvalue weighted by atomic mass is 9.87. The van der Waals surface area contributed by atoms with Gasteiger partial charge >= 0.3 is 47.4 Å². The number of likely N-dealkylation sites (N-methyl/N-ethyl adjacent to an activating group) is 2. The Morgan fingerprint density at radius 2 is 1.35 bits per heavy atom. The van der Waals surface area contributed by atoms with Crippen molar-refractivity contribution in [1.29, 1.82) is 0 Å². The predicted molar refractivity (Wildman–Crippen MR) is 142 cm³/mol. The van der Waals surface area contributed by atoms with Gasteiger partial charge in [0.1, 0.15) is 6.54 Å². The minimum Gasteiger partial charge on any atom is -0.328 e. The second-order valence-corrected chi connectivity index (χ2v) is 11.6. The number of nitrogens with zero attached hydrogens (tertiary/aromatic N) is 2. The third-order valence-corrected chi connectivity index (χ3v) is 7.55. The van der Waals surface area contributed by atoms with E-state index in [1.165, 1.54) is 0 Å². The fourth-order valence-electron chi connectivity index (χ4n) is 3.72. The number of anilines is 2. The van der Waals surface area contributed by atoms with Crippen LogP contribution in [0.4, 0.5) is 81.6 Å². The zero-order chi connectivity index (χ0) is 37.6. The van der Waals surface area contributed by atoms with Gasteiger partial charge in [-0.2, -0.15) is 61.5 Å². The Hall–Kier alpha value is -3.19. The van der Waals surface area contributed by atoms with Gasteiger partial charge in [-0.15, -0.1) is 0 Å². The molecule has 2 rings (SSSR count). The van der Waals surface area contributed by atoms with Gasteiger partial charge in [-0.1, -0.05) is 6.07 Å². The smallest absolute Gasteiger partial charge is 0.328 e. The number of carbonyl (C=O) groups is 3. The van der Waals surface area contributed by atoms with Crippen LogP contribution >= 0.6 is 34.4 Å². The molecule has 0 saturated carbocycles. The average molecular weight is 855 g/mol. The molecule has 268 valence electrons. The van der Waals surface area contributed by atoms with Crippen LogP contribution in [-0.2, 0) is 15.3 Å². The van der Waals surface area contributed by atoms with Crippen molar-refractivity contribution >= 4 is 63.4 Å². The third-order valence-electron chi connectivity index (χ3n) is 5.93. The van der Waals surface area contributed by atoms with Crippen LogP contribution in [0.15, 0.2) is 35.2 Å². The lowest BCUT2D eigenvalue weighted by molar-refractivity contribution is -0.389. The number of hydrogen-bond donors (Lipinski definition) is 1. The molecule has 0 aromatic heterocycles. The van der Waals surface area contributed by atoms with Crippen LogP contribution in [-0.4, -0.2) is 73.2 Å². The monoisotopic (exact) mass is 855 g/mol. The average Bonchev–Trinajstić information content (AvgIpc) is 2.89. The molecule has 2 aromatic rings. The highest BCUT2D eigenvalue weighted by molar-refractivity contribution is 14.1. The first-order chi connectivity index (χ1) is 21.4. The van der Waals surface area contributed by atoms with Gasteiger partial charge < -0.3 is 15.1 Å². The summed E-state index contributed by atoms with van der Waals surface area (Å²) in [5, 5.41) is 1.58. The Morgan fingerprint density at radius 1 is 0.812 bits per heavy atom. The van der Waals surface area contributed by atoms with Gasteiger partial charge in [0.15, 0.2) is 5.82 Å². The third kappa shape index (κ3) is 8.50.